The molecule has 0 saturated heterocycles. The second kappa shape index (κ2) is 13.7. The molecule has 0 aromatic heterocycles. The highest BCUT2D eigenvalue weighted by Crippen LogP contribution is 2.40. The summed E-state index contributed by atoms with van der Waals surface area (Å²) in [5.41, 5.74) is 1.38. The Labute approximate surface area is 225 Å². The largest absolute Gasteiger partial charge is 0.445 e. The minimum Gasteiger partial charge on any atom is -0.445 e. The van der Waals surface area contributed by atoms with Crippen LogP contribution < -0.4 is 16.0 Å². The van der Waals surface area contributed by atoms with E-state index in [0.29, 0.717) is 24.2 Å². The Balaban J connectivity index is 1.41. The first-order valence-electron chi connectivity index (χ1n) is 13.1. The average molecular weight is 530 g/mol. The molecule has 8 heteroatoms. The van der Waals surface area contributed by atoms with Gasteiger partial charge >= 0.3 is 12.2 Å². The quantitative estimate of drug-likeness (QED) is 0.331. The Bertz CT molecular complexity index is 1000. The fraction of sp³-hybridized carbons (Fsp3) is 0.517. The maximum absolute atomic E-state index is 12.4. The predicted octanol–water partition coefficient (Wildman–Crippen LogP) is 5.95. The minimum absolute atomic E-state index is 0.190. The van der Waals surface area contributed by atoms with Gasteiger partial charge in [-0.3, -0.25) is 0 Å². The Kier molecular flexibility index (Phi) is 10.6. The van der Waals surface area contributed by atoms with Gasteiger partial charge in [0.1, 0.15) is 12.2 Å². The summed E-state index contributed by atoms with van der Waals surface area (Å²) in [6, 6.07) is 18.0. The highest BCUT2D eigenvalue weighted by molar-refractivity contribution is 6.30. The van der Waals surface area contributed by atoms with Gasteiger partial charge in [-0.05, 0) is 82.7 Å². The molecule has 37 heavy (non-hydrogen) atoms. The first-order chi connectivity index (χ1) is 17.7. The summed E-state index contributed by atoms with van der Waals surface area (Å²) in [4.78, 5) is 24.3. The molecule has 0 spiro atoms. The molecule has 1 aliphatic carbocycles. The van der Waals surface area contributed by atoms with Crippen LogP contribution in [0.25, 0.3) is 0 Å². The molecule has 0 aliphatic heterocycles. The molecule has 2 aromatic carbocycles. The lowest BCUT2D eigenvalue weighted by Gasteiger charge is -2.41. The van der Waals surface area contributed by atoms with Gasteiger partial charge < -0.3 is 25.4 Å². The topological polar surface area (TPSA) is 88.7 Å². The summed E-state index contributed by atoms with van der Waals surface area (Å²) in [5.74, 6) is 0. The Morgan fingerprint density at radius 2 is 1.70 bits per heavy atom. The molecule has 0 heterocycles. The normalized spacial score (nSPS) is 19.6. The van der Waals surface area contributed by atoms with Gasteiger partial charge in [0.15, 0.2) is 0 Å². The molecular weight excluding hydrogens is 490 g/mol. The zero-order valence-electron chi connectivity index (χ0n) is 22.1. The number of rotatable bonds is 10. The van der Waals surface area contributed by atoms with Crippen molar-refractivity contribution in [1.82, 2.24) is 16.0 Å². The summed E-state index contributed by atoms with van der Waals surface area (Å²) in [5, 5.41) is 10.1. The van der Waals surface area contributed by atoms with Gasteiger partial charge in [0.25, 0.3) is 0 Å². The lowest BCUT2D eigenvalue weighted by atomic mass is 9.68. The summed E-state index contributed by atoms with van der Waals surface area (Å²) in [7, 11) is 0. The number of halogens is 1. The molecule has 1 aliphatic rings. The van der Waals surface area contributed by atoms with E-state index in [4.69, 9.17) is 21.1 Å². The lowest BCUT2D eigenvalue weighted by Crippen LogP contribution is -2.47. The zero-order chi connectivity index (χ0) is 26.7. The fourth-order valence-corrected chi connectivity index (χ4v) is 4.87. The molecule has 0 unspecified atom stereocenters. The van der Waals surface area contributed by atoms with Crippen molar-refractivity contribution in [2.75, 3.05) is 19.6 Å². The van der Waals surface area contributed by atoms with Gasteiger partial charge in [0.2, 0.25) is 0 Å². The van der Waals surface area contributed by atoms with Crippen LogP contribution in [-0.2, 0) is 21.5 Å². The van der Waals surface area contributed by atoms with Gasteiger partial charge in [-0.15, -0.1) is 0 Å². The third-order valence-electron chi connectivity index (χ3n) is 6.62. The molecule has 3 rings (SSSR count). The third kappa shape index (κ3) is 9.90. The first kappa shape index (κ1) is 28.8. The zero-order valence-corrected chi connectivity index (χ0v) is 22.9. The van der Waals surface area contributed by atoms with E-state index < -0.39 is 17.8 Å². The minimum atomic E-state index is -0.539. The van der Waals surface area contributed by atoms with Gasteiger partial charge in [0, 0.05) is 29.6 Å². The Morgan fingerprint density at radius 3 is 2.38 bits per heavy atom. The smallest absolute Gasteiger partial charge is 0.407 e. The molecule has 202 valence electrons. The molecule has 0 radical (unpaired) electrons. The second-order valence-electron chi connectivity index (χ2n) is 10.7. The number of benzene rings is 2. The van der Waals surface area contributed by atoms with Crippen molar-refractivity contribution in [1.29, 1.82) is 0 Å². The van der Waals surface area contributed by atoms with Crippen molar-refractivity contribution in [3.05, 3.63) is 70.7 Å². The Morgan fingerprint density at radius 1 is 0.973 bits per heavy atom. The molecule has 1 saturated carbocycles. The van der Waals surface area contributed by atoms with Crippen LogP contribution in [0.15, 0.2) is 54.6 Å². The van der Waals surface area contributed by atoms with E-state index in [1.54, 1.807) is 0 Å². The molecule has 3 N–H and O–H groups in total. The summed E-state index contributed by atoms with van der Waals surface area (Å²) >= 11 is 6.31. The number of amides is 2. The van der Waals surface area contributed by atoms with Gasteiger partial charge in [-0.25, -0.2) is 9.59 Å². The third-order valence-corrected chi connectivity index (χ3v) is 6.85. The van der Waals surface area contributed by atoms with E-state index in [0.717, 1.165) is 49.8 Å². The number of hydrogen-bond acceptors (Lipinski definition) is 5. The number of carbonyl (C=O) groups is 2. The SMILES string of the molecule is CC(C)(C)OC(=O)NC[C@]1(c2cccc(Cl)c2)CC[C@H](NCCCNC(=O)OCc2ccccc2)CC1. The molecule has 1 fully saturated rings. The van der Waals surface area contributed by atoms with Crippen molar-refractivity contribution >= 4 is 23.8 Å². The highest BCUT2D eigenvalue weighted by atomic mass is 35.5. The second-order valence-corrected chi connectivity index (χ2v) is 11.2. The van der Waals surface area contributed by atoms with E-state index >= 15 is 0 Å². The maximum atomic E-state index is 12.4. The van der Waals surface area contributed by atoms with Crippen LogP contribution in [0.4, 0.5) is 9.59 Å². The lowest BCUT2D eigenvalue weighted by molar-refractivity contribution is 0.0506. The van der Waals surface area contributed by atoms with Crippen LogP contribution in [0.3, 0.4) is 0 Å². The average Bonchev–Trinajstić information content (AvgIpc) is 2.86. The molecule has 0 atom stereocenters. The van der Waals surface area contributed by atoms with Crippen molar-refractivity contribution in [3.63, 3.8) is 0 Å². The van der Waals surface area contributed by atoms with E-state index in [-0.39, 0.29) is 12.0 Å². The monoisotopic (exact) mass is 529 g/mol. The summed E-state index contributed by atoms with van der Waals surface area (Å²) in [6.45, 7) is 7.72. The van der Waals surface area contributed by atoms with Gasteiger partial charge in [-0.1, -0.05) is 54.1 Å². The van der Waals surface area contributed by atoms with E-state index in [9.17, 15) is 9.59 Å². The summed E-state index contributed by atoms with van der Waals surface area (Å²) < 4.78 is 10.7. The first-order valence-corrected chi connectivity index (χ1v) is 13.4. The van der Waals surface area contributed by atoms with Crippen molar-refractivity contribution < 1.29 is 19.1 Å². The van der Waals surface area contributed by atoms with Crippen LogP contribution in [0.5, 0.6) is 0 Å². The molecule has 2 aromatic rings. The number of ether oxygens (including phenoxy) is 2. The predicted molar refractivity (Wildman–Crippen MR) is 147 cm³/mol. The summed E-state index contributed by atoms with van der Waals surface area (Å²) in [6.07, 6.45) is 3.82. The van der Waals surface area contributed by atoms with E-state index in [1.165, 1.54) is 0 Å². The van der Waals surface area contributed by atoms with Crippen LogP contribution in [0, 0.1) is 0 Å². The Hall–Kier alpha value is -2.77. The van der Waals surface area contributed by atoms with Gasteiger partial charge in [-0.2, -0.15) is 0 Å². The standard InChI is InChI=1S/C29H40ClN3O4/c1-28(2,3)37-27(35)33-21-29(23-11-7-12-24(30)19-23)15-13-25(14-16-29)31-17-8-18-32-26(34)36-20-22-9-5-4-6-10-22/h4-7,9-12,19,25,31H,8,13-18,20-21H2,1-3H3,(H,32,34)(H,33,35)/t25-,29-. The fourth-order valence-electron chi connectivity index (χ4n) is 4.68. The van der Waals surface area contributed by atoms with Crippen molar-refractivity contribution in [2.45, 2.75) is 76.5 Å². The molecular formula is C29H40ClN3O4. The molecule has 2 amide bonds. The van der Waals surface area contributed by atoms with Crippen molar-refractivity contribution in [2.24, 2.45) is 0 Å². The number of hydrogen-bond donors (Lipinski definition) is 3. The van der Waals surface area contributed by atoms with Crippen molar-refractivity contribution in [3.8, 4) is 0 Å². The number of alkyl carbamates (subject to hydrolysis) is 2. The number of carbonyl (C=O) groups excluding carboxylic acids is 2. The van der Waals surface area contributed by atoms with Crippen LogP contribution in [-0.4, -0.2) is 43.5 Å². The maximum Gasteiger partial charge on any atom is 0.407 e. The molecule has 0 bridgehead atoms. The van der Waals surface area contributed by atoms with Gasteiger partial charge in [0.05, 0.1) is 0 Å². The molecule has 7 nitrogen and oxygen atoms in total. The van der Waals surface area contributed by atoms with Crippen LogP contribution >= 0.6 is 11.6 Å². The van der Waals surface area contributed by atoms with E-state index in [2.05, 4.69) is 22.0 Å². The van der Waals surface area contributed by atoms with Crippen LogP contribution in [0.1, 0.15) is 64.0 Å². The number of nitrogens with one attached hydrogen (secondary N) is 3. The van der Waals surface area contributed by atoms with Crippen LogP contribution in [0.2, 0.25) is 5.02 Å². The highest BCUT2D eigenvalue weighted by Gasteiger charge is 2.37. The van der Waals surface area contributed by atoms with E-state index in [1.807, 2.05) is 69.3 Å².